The van der Waals surface area contributed by atoms with Crippen molar-refractivity contribution in [3.8, 4) is 17.6 Å². The van der Waals surface area contributed by atoms with Crippen molar-refractivity contribution < 1.29 is 23.8 Å². The molecule has 2 rings (SSSR count). The second-order valence-corrected chi connectivity index (χ2v) is 5.12. The lowest BCUT2D eigenvalue weighted by atomic mass is 10.2. The molecule has 0 unspecified atom stereocenters. The highest BCUT2D eigenvalue weighted by Gasteiger charge is 2.08. The predicted octanol–water partition coefficient (Wildman–Crippen LogP) is 2.78. The molecule has 0 bridgehead atoms. The molecule has 0 saturated heterocycles. The van der Waals surface area contributed by atoms with E-state index in [9.17, 15) is 9.59 Å². The van der Waals surface area contributed by atoms with Crippen LogP contribution >= 0.6 is 0 Å². The molecule has 2 aromatic carbocycles. The number of nitrogens with zero attached hydrogens (tertiary/aromatic N) is 1. The lowest BCUT2D eigenvalue weighted by Gasteiger charge is -2.08. The number of amides is 1. The Morgan fingerprint density at radius 3 is 2.27 bits per heavy atom. The maximum atomic E-state index is 12.0. The summed E-state index contributed by atoms with van der Waals surface area (Å²) in [6.07, 6.45) is -0.224. The van der Waals surface area contributed by atoms with Gasteiger partial charge in [-0.3, -0.25) is 4.79 Å². The quantitative estimate of drug-likeness (QED) is 0.578. The second-order valence-electron chi connectivity index (χ2n) is 5.12. The fourth-order valence-electron chi connectivity index (χ4n) is 2.02. The highest BCUT2D eigenvalue weighted by atomic mass is 16.6. The lowest BCUT2D eigenvalue weighted by Crippen LogP contribution is -2.13. The van der Waals surface area contributed by atoms with Crippen molar-refractivity contribution in [2.45, 2.75) is 6.42 Å². The molecule has 1 amide bonds. The number of anilines is 1. The molecule has 0 heterocycles. The van der Waals surface area contributed by atoms with Gasteiger partial charge >= 0.3 is 5.97 Å². The van der Waals surface area contributed by atoms with Crippen molar-refractivity contribution in [3.05, 3.63) is 54.1 Å². The molecule has 0 aliphatic rings. The zero-order valence-electron chi connectivity index (χ0n) is 14.2. The van der Waals surface area contributed by atoms with Crippen molar-refractivity contribution in [2.24, 2.45) is 0 Å². The molecular formula is C19H18N2O5. The zero-order valence-corrected chi connectivity index (χ0v) is 14.2. The number of hydrogen-bond donors (Lipinski definition) is 1. The van der Waals surface area contributed by atoms with E-state index in [-0.39, 0.29) is 19.6 Å². The van der Waals surface area contributed by atoms with Crippen LogP contribution in [0.2, 0.25) is 0 Å². The Bertz CT molecular complexity index is 779. The summed E-state index contributed by atoms with van der Waals surface area (Å²) in [5, 5.41) is 11.0. The zero-order chi connectivity index (χ0) is 18.8. The fourth-order valence-corrected chi connectivity index (χ4v) is 2.02. The minimum atomic E-state index is -0.488. The second kappa shape index (κ2) is 9.69. The normalized spacial score (nSPS) is 9.69. The van der Waals surface area contributed by atoms with E-state index in [0.29, 0.717) is 17.0 Å². The Morgan fingerprint density at radius 1 is 1.00 bits per heavy atom. The lowest BCUT2D eigenvalue weighted by molar-refractivity contribution is -0.115. The molecule has 7 nitrogen and oxygen atoms in total. The number of esters is 1. The summed E-state index contributed by atoms with van der Waals surface area (Å²) >= 11 is 0. The van der Waals surface area contributed by atoms with Gasteiger partial charge < -0.3 is 19.5 Å². The summed E-state index contributed by atoms with van der Waals surface area (Å²) in [7, 11) is 1.59. The van der Waals surface area contributed by atoms with Gasteiger partial charge in [0.05, 0.1) is 18.7 Å². The van der Waals surface area contributed by atoms with E-state index in [1.165, 1.54) is 12.1 Å². The highest BCUT2D eigenvalue weighted by molar-refractivity contribution is 5.93. The molecule has 26 heavy (non-hydrogen) atoms. The topological polar surface area (TPSA) is 97.7 Å². The predicted molar refractivity (Wildman–Crippen MR) is 94.1 cm³/mol. The number of benzene rings is 2. The van der Waals surface area contributed by atoms with Gasteiger partial charge in [-0.1, -0.05) is 0 Å². The molecule has 0 atom stereocenters. The highest BCUT2D eigenvalue weighted by Crippen LogP contribution is 2.17. The number of methoxy groups -OCH3 is 1. The number of hydrogen-bond acceptors (Lipinski definition) is 6. The first kappa shape index (κ1) is 18.8. The molecule has 134 valence electrons. The van der Waals surface area contributed by atoms with E-state index in [1.807, 2.05) is 0 Å². The summed E-state index contributed by atoms with van der Waals surface area (Å²) in [4.78, 5) is 23.3. The van der Waals surface area contributed by atoms with Crippen LogP contribution < -0.4 is 14.8 Å². The molecule has 0 spiro atoms. The largest absolute Gasteiger partial charge is 0.497 e. The summed E-state index contributed by atoms with van der Waals surface area (Å²) in [5.74, 6) is 0.493. The summed E-state index contributed by atoms with van der Waals surface area (Å²) in [6, 6.07) is 15.1. The van der Waals surface area contributed by atoms with Gasteiger partial charge in [0.25, 0.3) is 0 Å². The van der Waals surface area contributed by atoms with Gasteiger partial charge in [-0.25, -0.2) is 4.79 Å². The molecule has 0 aromatic heterocycles. The van der Waals surface area contributed by atoms with Crippen LogP contribution in [0.25, 0.3) is 0 Å². The van der Waals surface area contributed by atoms with Crippen LogP contribution in [-0.2, 0) is 9.53 Å². The van der Waals surface area contributed by atoms with Gasteiger partial charge in [-0.2, -0.15) is 5.26 Å². The third-order valence-electron chi connectivity index (χ3n) is 3.29. The van der Waals surface area contributed by atoms with Gasteiger partial charge in [0.15, 0.2) is 0 Å². The van der Waals surface area contributed by atoms with Crippen LogP contribution in [-0.4, -0.2) is 32.2 Å². The van der Waals surface area contributed by atoms with Gasteiger partial charge in [0.1, 0.15) is 31.1 Å². The first-order chi connectivity index (χ1) is 12.6. The van der Waals surface area contributed by atoms with Crippen molar-refractivity contribution in [2.75, 3.05) is 25.6 Å². The fraction of sp³-hybridized carbons (Fsp3) is 0.211. The van der Waals surface area contributed by atoms with E-state index in [0.717, 1.165) is 5.75 Å². The molecule has 0 aliphatic heterocycles. The minimum absolute atomic E-state index is 0.103. The van der Waals surface area contributed by atoms with E-state index in [1.54, 1.807) is 49.6 Å². The smallest absolute Gasteiger partial charge is 0.338 e. The standard InChI is InChI=1S/C19H18N2O5/c1-24-16-6-8-17(9-7-16)25-12-13-26-19(23)14-2-4-15(5-3-14)21-18(22)10-11-20/h2-9H,10,12-13H2,1H3,(H,21,22). The van der Waals surface area contributed by atoms with Crippen molar-refractivity contribution in [1.82, 2.24) is 0 Å². The van der Waals surface area contributed by atoms with E-state index in [4.69, 9.17) is 19.5 Å². The average Bonchev–Trinajstić information content (AvgIpc) is 2.66. The molecule has 2 aromatic rings. The van der Waals surface area contributed by atoms with E-state index < -0.39 is 11.9 Å². The van der Waals surface area contributed by atoms with Gasteiger partial charge in [0, 0.05) is 5.69 Å². The van der Waals surface area contributed by atoms with Crippen LogP contribution in [0.5, 0.6) is 11.5 Å². The third kappa shape index (κ3) is 5.83. The number of rotatable bonds is 8. The first-order valence-electron chi connectivity index (χ1n) is 7.83. The monoisotopic (exact) mass is 354 g/mol. The molecule has 0 fully saturated rings. The summed E-state index contributed by atoms with van der Waals surface area (Å²) < 4.78 is 15.7. The molecular weight excluding hydrogens is 336 g/mol. The Hall–Kier alpha value is -3.53. The van der Waals surface area contributed by atoms with Crippen LogP contribution in [0.1, 0.15) is 16.8 Å². The van der Waals surface area contributed by atoms with Crippen molar-refractivity contribution >= 4 is 17.6 Å². The number of carbonyl (C=O) groups excluding carboxylic acids is 2. The van der Waals surface area contributed by atoms with Gasteiger partial charge in [-0.15, -0.1) is 0 Å². The Kier molecular flexibility index (Phi) is 7.01. The van der Waals surface area contributed by atoms with Gasteiger partial charge in [-0.05, 0) is 48.5 Å². The summed E-state index contributed by atoms with van der Waals surface area (Å²) in [5.41, 5.74) is 0.859. The van der Waals surface area contributed by atoms with Crippen LogP contribution in [0, 0.1) is 11.3 Å². The number of nitrogens with one attached hydrogen (secondary N) is 1. The third-order valence-corrected chi connectivity index (χ3v) is 3.29. The van der Waals surface area contributed by atoms with Crippen molar-refractivity contribution in [3.63, 3.8) is 0 Å². The maximum Gasteiger partial charge on any atom is 0.338 e. The SMILES string of the molecule is COc1ccc(OCCOC(=O)c2ccc(NC(=O)CC#N)cc2)cc1. The molecule has 7 heteroatoms. The Labute approximate surface area is 151 Å². The number of ether oxygens (including phenoxy) is 3. The number of nitriles is 1. The van der Waals surface area contributed by atoms with E-state index >= 15 is 0 Å². The number of carbonyl (C=O) groups is 2. The van der Waals surface area contributed by atoms with Crippen molar-refractivity contribution in [1.29, 1.82) is 5.26 Å². The molecule has 0 radical (unpaired) electrons. The molecule has 0 saturated carbocycles. The van der Waals surface area contributed by atoms with Crippen LogP contribution in [0.3, 0.4) is 0 Å². The first-order valence-corrected chi connectivity index (χ1v) is 7.83. The minimum Gasteiger partial charge on any atom is -0.497 e. The Balaban J connectivity index is 1.75. The molecule has 0 aliphatic carbocycles. The van der Waals surface area contributed by atoms with E-state index in [2.05, 4.69) is 5.32 Å². The van der Waals surface area contributed by atoms with Gasteiger partial charge in [0.2, 0.25) is 5.91 Å². The van der Waals surface area contributed by atoms with Crippen LogP contribution in [0.15, 0.2) is 48.5 Å². The molecule has 1 N–H and O–H groups in total. The summed E-state index contributed by atoms with van der Waals surface area (Å²) in [6.45, 7) is 0.325. The Morgan fingerprint density at radius 2 is 1.65 bits per heavy atom. The maximum absolute atomic E-state index is 12.0. The average molecular weight is 354 g/mol. The van der Waals surface area contributed by atoms with Crippen LogP contribution in [0.4, 0.5) is 5.69 Å².